The first-order valence-electron chi connectivity index (χ1n) is 6.92. The Hall–Kier alpha value is -1.23. The van der Waals surface area contributed by atoms with Crippen LogP contribution in [0, 0.1) is 5.92 Å². The molecule has 5 heteroatoms. The lowest BCUT2D eigenvalue weighted by Gasteiger charge is -2.30. The number of nitrogens with one attached hydrogen (secondary N) is 1. The van der Waals surface area contributed by atoms with Crippen LogP contribution in [-0.2, 0) is 6.54 Å². The second-order valence-electron chi connectivity index (χ2n) is 5.32. The maximum Gasteiger partial charge on any atom is 0.391 e. The number of hydrogen-bond acceptors (Lipinski definition) is 2. The molecule has 1 N–H and O–H groups in total. The summed E-state index contributed by atoms with van der Waals surface area (Å²) in [6, 6.07) is 7.89. The molecule has 0 aliphatic heterocycles. The second kappa shape index (κ2) is 6.48. The number of hydrogen-bond donors (Lipinski definition) is 1. The van der Waals surface area contributed by atoms with Crippen LogP contribution in [0.3, 0.4) is 0 Å². The normalized spacial score (nSPS) is 23.6. The highest BCUT2D eigenvalue weighted by Gasteiger charge is 2.41. The van der Waals surface area contributed by atoms with Crippen molar-refractivity contribution in [3.8, 4) is 5.75 Å². The topological polar surface area (TPSA) is 21.3 Å². The maximum absolute atomic E-state index is 12.6. The van der Waals surface area contributed by atoms with E-state index < -0.39 is 12.1 Å². The molecule has 1 aliphatic carbocycles. The lowest BCUT2D eigenvalue weighted by atomic mass is 9.85. The molecule has 0 saturated heterocycles. The Labute approximate surface area is 117 Å². The van der Waals surface area contributed by atoms with E-state index in [-0.39, 0.29) is 18.9 Å². The second-order valence-corrected chi connectivity index (χ2v) is 5.32. The van der Waals surface area contributed by atoms with E-state index >= 15 is 0 Å². The summed E-state index contributed by atoms with van der Waals surface area (Å²) >= 11 is 0. The van der Waals surface area contributed by atoms with Crippen LogP contribution < -0.4 is 10.1 Å². The number of benzene rings is 1. The first-order chi connectivity index (χ1) is 9.49. The third kappa shape index (κ3) is 4.13. The largest absolute Gasteiger partial charge is 0.497 e. The van der Waals surface area contributed by atoms with Gasteiger partial charge in [0.05, 0.1) is 13.0 Å². The zero-order valence-corrected chi connectivity index (χ0v) is 11.5. The summed E-state index contributed by atoms with van der Waals surface area (Å²) in [5, 5.41) is 3.34. The molecular formula is C15H20F3NO. The molecule has 0 unspecified atom stereocenters. The van der Waals surface area contributed by atoms with Crippen LogP contribution in [0.15, 0.2) is 24.3 Å². The monoisotopic (exact) mass is 287 g/mol. The van der Waals surface area contributed by atoms with Gasteiger partial charge in [-0.2, -0.15) is 13.2 Å². The first-order valence-corrected chi connectivity index (χ1v) is 6.92. The molecule has 20 heavy (non-hydrogen) atoms. The van der Waals surface area contributed by atoms with Gasteiger partial charge in [0.25, 0.3) is 0 Å². The number of alkyl halides is 3. The van der Waals surface area contributed by atoms with Crippen molar-refractivity contribution >= 4 is 0 Å². The molecule has 0 aromatic heterocycles. The summed E-state index contributed by atoms with van der Waals surface area (Å²) in [7, 11) is 1.62. The molecule has 0 bridgehead atoms. The molecule has 1 aliphatic rings. The summed E-state index contributed by atoms with van der Waals surface area (Å²) in [6.07, 6.45) is -2.38. The minimum absolute atomic E-state index is 0.180. The lowest BCUT2D eigenvalue weighted by Crippen LogP contribution is -2.36. The van der Waals surface area contributed by atoms with Crippen LogP contribution in [0.25, 0.3) is 0 Å². The van der Waals surface area contributed by atoms with Crippen LogP contribution in [0.5, 0.6) is 5.75 Å². The van der Waals surface area contributed by atoms with E-state index in [1.165, 1.54) is 0 Å². The van der Waals surface area contributed by atoms with Crippen LogP contribution in [0.2, 0.25) is 0 Å². The van der Waals surface area contributed by atoms with Gasteiger partial charge in [-0.1, -0.05) is 12.1 Å². The van der Waals surface area contributed by atoms with Crippen molar-refractivity contribution in [1.82, 2.24) is 5.32 Å². The van der Waals surface area contributed by atoms with Gasteiger partial charge in [0.1, 0.15) is 5.75 Å². The molecule has 0 heterocycles. The van der Waals surface area contributed by atoms with Crippen LogP contribution in [0.4, 0.5) is 13.2 Å². The van der Waals surface area contributed by atoms with Gasteiger partial charge in [-0.15, -0.1) is 0 Å². The third-order valence-electron chi connectivity index (χ3n) is 3.92. The predicted octanol–water partition coefficient (Wildman–Crippen LogP) is 3.91. The minimum atomic E-state index is -4.03. The van der Waals surface area contributed by atoms with Crippen LogP contribution in [-0.4, -0.2) is 19.3 Å². The minimum Gasteiger partial charge on any atom is -0.497 e. The molecule has 1 aromatic carbocycles. The fraction of sp³-hybridized carbons (Fsp3) is 0.600. The van der Waals surface area contributed by atoms with Gasteiger partial charge in [0.15, 0.2) is 0 Å². The predicted molar refractivity (Wildman–Crippen MR) is 71.6 cm³/mol. The molecule has 0 radical (unpaired) electrons. The summed E-state index contributed by atoms with van der Waals surface area (Å²) in [5.74, 6) is -0.317. The van der Waals surface area contributed by atoms with E-state index in [2.05, 4.69) is 5.32 Å². The third-order valence-corrected chi connectivity index (χ3v) is 3.92. The summed E-state index contributed by atoms with van der Waals surface area (Å²) < 4.78 is 42.9. The highest BCUT2D eigenvalue weighted by molar-refractivity contribution is 5.28. The van der Waals surface area contributed by atoms with Crippen LogP contribution >= 0.6 is 0 Å². The van der Waals surface area contributed by atoms with Gasteiger partial charge in [-0.25, -0.2) is 0 Å². The smallest absolute Gasteiger partial charge is 0.391 e. The molecule has 2 rings (SSSR count). The Morgan fingerprint density at radius 3 is 2.50 bits per heavy atom. The molecule has 112 valence electrons. The van der Waals surface area contributed by atoms with Crippen molar-refractivity contribution < 1.29 is 17.9 Å². The Kier molecular flexibility index (Phi) is 4.91. The van der Waals surface area contributed by atoms with Crippen molar-refractivity contribution in [2.75, 3.05) is 7.11 Å². The number of ether oxygens (including phenoxy) is 1. The maximum atomic E-state index is 12.6. The summed E-state index contributed by atoms with van der Waals surface area (Å²) in [6.45, 7) is 0.665. The number of rotatable bonds is 4. The zero-order chi connectivity index (χ0) is 14.6. The average Bonchev–Trinajstić information content (AvgIpc) is 2.45. The van der Waals surface area contributed by atoms with Crippen molar-refractivity contribution in [1.29, 1.82) is 0 Å². The number of halogens is 3. The number of methoxy groups -OCH3 is 1. The Morgan fingerprint density at radius 2 is 1.90 bits per heavy atom. The van der Waals surface area contributed by atoms with E-state index in [1.54, 1.807) is 7.11 Å². The van der Waals surface area contributed by atoms with Crippen LogP contribution in [0.1, 0.15) is 31.2 Å². The van der Waals surface area contributed by atoms with Gasteiger partial charge >= 0.3 is 6.18 Å². The fourth-order valence-electron chi connectivity index (χ4n) is 2.67. The SMILES string of the molecule is COc1cccc(CNC2CCC(C(F)(F)F)CC2)c1. The van der Waals surface area contributed by atoms with Crippen molar-refractivity contribution in [3.63, 3.8) is 0 Å². The van der Waals surface area contributed by atoms with E-state index in [0.29, 0.717) is 19.4 Å². The molecular weight excluding hydrogens is 267 g/mol. The van der Waals surface area contributed by atoms with Crippen molar-refractivity contribution in [2.45, 2.75) is 44.4 Å². The van der Waals surface area contributed by atoms with Gasteiger partial charge < -0.3 is 10.1 Å². The quantitative estimate of drug-likeness (QED) is 0.906. The van der Waals surface area contributed by atoms with E-state index in [9.17, 15) is 13.2 Å². The molecule has 0 amide bonds. The van der Waals surface area contributed by atoms with Crippen molar-refractivity contribution in [2.24, 2.45) is 5.92 Å². The Morgan fingerprint density at radius 1 is 1.20 bits per heavy atom. The molecule has 0 spiro atoms. The van der Waals surface area contributed by atoms with Gasteiger partial charge in [0, 0.05) is 12.6 Å². The highest BCUT2D eigenvalue weighted by atomic mass is 19.4. The Bertz CT molecular complexity index is 425. The molecule has 2 nitrogen and oxygen atoms in total. The first kappa shape index (κ1) is 15.2. The summed E-state index contributed by atoms with van der Waals surface area (Å²) in [5.41, 5.74) is 1.09. The van der Waals surface area contributed by atoms with Gasteiger partial charge in [-0.05, 0) is 43.4 Å². The molecule has 0 atom stereocenters. The summed E-state index contributed by atoms with van der Waals surface area (Å²) in [4.78, 5) is 0. The van der Waals surface area contributed by atoms with Gasteiger partial charge in [-0.3, -0.25) is 0 Å². The van der Waals surface area contributed by atoms with Crippen molar-refractivity contribution in [3.05, 3.63) is 29.8 Å². The molecule has 1 saturated carbocycles. The van der Waals surface area contributed by atoms with E-state index in [1.807, 2.05) is 24.3 Å². The molecule has 1 aromatic rings. The fourth-order valence-corrected chi connectivity index (χ4v) is 2.67. The lowest BCUT2D eigenvalue weighted by molar-refractivity contribution is -0.182. The van der Waals surface area contributed by atoms with E-state index in [0.717, 1.165) is 11.3 Å². The Balaban J connectivity index is 1.78. The van der Waals surface area contributed by atoms with E-state index in [4.69, 9.17) is 4.74 Å². The zero-order valence-electron chi connectivity index (χ0n) is 11.5. The van der Waals surface area contributed by atoms with Gasteiger partial charge in [0.2, 0.25) is 0 Å². The average molecular weight is 287 g/mol. The highest BCUT2D eigenvalue weighted by Crippen LogP contribution is 2.37. The molecule has 1 fully saturated rings. The standard InChI is InChI=1S/C15H20F3NO/c1-20-14-4-2-3-11(9-14)10-19-13-7-5-12(6-8-13)15(16,17)18/h2-4,9,12-13,19H,5-8,10H2,1H3.